The molecule has 0 spiro atoms. The van der Waals surface area contributed by atoms with Gasteiger partial charge in [-0.2, -0.15) is 0 Å². The van der Waals surface area contributed by atoms with Crippen LogP contribution in [0.1, 0.15) is 24.2 Å². The number of hydrogen-bond acceptors (Lipinski definition) is 3. The van der Waals surface area contributed by atoms with Crippen LogP contribution in [0.15, 0.2) is 48.5 Å². The molecule has 0 fully saturated rings. The largest absolute Gasteiger partial charge is 0.493 e. The molecular weight excluding hydrogens is 310 g/mol. The Balaban J connectivity index is 1.58. The average molecular weight is 337 g/mol. The lowest BCUT2D eigenvalue weighted by Gasteiger charge is -2.11. The predicted octanol–water partition coefficient (Wildman–Crippen LogP) is 3.97. The van der Waals surface area contributed by atoms with Gasteiger partial charge in [0, 0.05) is 19.5 Å². The highest BCUT2D eigenvalue weighted by molar-refractivity contribution is 5.75. The number of hydrogen-bond donors (Lipinski definition) is 1. The van der Waals surface area contributed by atoms with Crippen LogP contribution in [0.25, 0.3) is 11.0 Å². The van der Waals surface area contributed by atoms with Crippen LogP contribution in [-0.4, -0.2) is 29.8 Å². The number of ether oxygens (including phenoxy) is 1. The van der Waals surface area contributed by atoms with Gasteiger partial charge in [-0.1, -0.05) is 30.3 Å². The number of fused-ring (bicyclic) bond motifs is 1. The lowest BCUT2D eigenvalue weighted by Crippen LogP contribution is -2.14. The standard InChI is InChI=1S/C21H27N3O/c1-17-9-3-6-12-20(17)25-16-8-7-15-24-19-11-5-4-10-18(19)23-21(24)13-14-22-2/h3-6,9-12,22H,7-8,13-16H2,1-2H3. The summed E-state index contributed by atoms with van der Waals surface area (Å²) in [7, 11) is 1.98. The Morgan fingerprint density at radius 2 is 1.84 bits per heavy atom. The molecule has 0 aliphatic heterocycles. The Kier molecular flexibility index (Phi) is 6.07. The Morgan fingerprint density at radius 3 is 2.68 bits per heavy atom. The summed E-state index contributed by atoms with van der Waals surface area (Å²) in [6, 6.07) is 16.6. The van der Waals surface area contributed by atoms with Crippen LogP contribution in [-0.2, 0) is 13.0 Å². The second-order valence-corrected chi connectivity index (χ2v) is 6.34. The molecule has 0 saturated heterocycles. The number of imidazole rings is 1. The van der Waals surface area contributed by atoms with Gasteiger partial charge in [0.05, 0.1) is 17.6 Å². The fourth-order valence-corrected chi connectivity index (χ4v) is 3.08. The van der Waals surface area contributed by atoms with Gasteiger partial charge in [0.15, 0.2) is 0 Å². The van der Waals surface area contributed by atoms with Crippen LogP contribution in [0.4, 0.5) is 0 Å². The molecule has 0 aliphatic carbocycles. The highest BCUT2D eigenvalue weighted by Crippen LogP contribution is 2.18. The molecule has 1 aromatic heterocycles. The first kappa shape index (κ1) is 17.5. The van der Waals surface area contributed by atoms with Gasteiger partial charge in [0.1, 0.15) is 11.6 Å². The van der Waals surface area contributed by atoms with Gasteiger partial charge in [-0.15, -0.1) is 0 Å². The van der Waals surface area contributed by atoms with E-state index in [-0.39, 0.29) is 0 Å². The maximum absolute atomic E-state index is 5.90. The summed E-state index contributed by atoms with van der Waals surface area (Å²) in [4.78, 5) is 4.80. The molecule has 3 rings (SSSR count). The van der Waals surface area contributed by atoms with Crippen molar-refractivity contribution in [3.63, 3.8) is 0 Å². The van der Waals surface area contributed by atoms with E-state index in [0.29, 0.717) is 0 Å². The number of nitrogens with zero attached hydrogens (tertiary/aromatic N) is 2. The van der Waals surface area contributed by atoms with Crippen LogP contribution < -0.4 is 10.1 Å². The molecule has 0 amide bonds. The van der Waals surface area contributed by atoms with Crippen molar-refractivity contribution in [2.45, 2.75) is 32.7 Å². The zero-order valence-corrected chi connectivity index (χ0v) is 15.2. The minimum absolute atomic E-state index is 0.753. The Labute approximate surface area is 149 Å². The first-order valence-electron chi connectivity index (χ1n) is 9.07. The SMILES string of the molecule is CNCCc1nc2ccccc2n1CCCCOc1ccccc1C. The van der Waals surface area contributed by atoms with E-state index in [9.17, 15) is 0 Å². The molecular formula is C21H27N3O. The number of nitrogens with one attached hydrogen (secondary N) is 1. The van der Waals surface area contributed by atoms with Crippen LogP contribution in [0.2, 0.25) is 0 Å². The number of benzene rings is 2. The fraction of sp³-hybridized carbons (Fsp3) is 0.381. The monoisotopic (exact) mass is 337 g/mol. The van der Waals surface area contributed by atoms with Gasteiger partial charge in [-0.05, 0) is 50.6 Å². The third-order valence-corrected chi connectivity index (χ3v) is 4.46. The Bertz CT molecular complexity index is 810. The van der Waals surface area contributed by atoms with Gasteiger partial charge in [-0.25, -0.2) is 4.98 Å². The van der Waals surface area contributed by atoms with Crippen LogP contribution in [0, 0.1) is 6.92 Å². The third-order valence-electron chi connectivity index (χ3n) is 4.46. The fourth-order valence-electron chi connectivity index (χ4n) is 3.08. The molecule has 132 valence electrons. The van der Waals surface area contributed by atoms with Crippen LogP contribution in [0.5, 0.6) is 5.75 Å². The van der Waals surface area contributed by atoms with E-state index < -0.39 is 0 Å². The van der Waals surface area contributed by atoms with Crippen molar-refractivity contribution in [3.05, 3.63) is 59.9 Å². The lowest BCUT2D eigenvalue weighted by atomic mass is 10.2. The minimum Gasteiger partial charge on any atom is -0.493 e. The quantitative estimate of drug-likeness (QED) is 0.601. The molecule has 2 aromatic carbocycles. The average Bonchev–Trinajstić information content (AvgIpc) is 2.99. The van der Waals surface area contributed by atoms with E-state index in [2.05, 4.69) is 47.1 Å². The smallest absolute Gasteiger partial charge is 0.122 e. The van der Waals surface area contributed by atoms with Gasteiger partial charge in [-0.3, -0.25) is 0 Å². The normalized spacial score (nSPS) is 11.1. The third kappa shape index (κ3) is 4.40. The second-order valence-electron chi connectivity index (χ2n) is 6.34. The van der Waals surface area contributed by atoms with E-state index in [0.717, 1.165) is 56.0 Å². The summed E-state index contributed by atoms with van der Waals surface area (Å²) in [5, 5.41) is 3.21. The van der Waals surface area contributed by atoms with Crippen LogP contribution in [0.3, 0.4) is 0 Å². The van der Waals surface area contributed by atoms with Crippen LogP contribution >= 0.6 is 0 Å². The molecule has 1 heterocycles. The molecule has 0 unspecified atom stereocenters. The molecule has 0 saturated carbocycles. The van der Waals surface area contributed by atoms with Gasteiger partial charge < -0.3 is 14.6 Å². The van der Waals surface area contributed by atoms with E-state index in [4.69, 9.17) is 9.72 Å². The minimum atomic E-state index is 0.753. The molecule has 0 aliphatic rings. The van der Waals surface area contributed by atoms with Crippen molar-refractivity contribution < 1.29 is 4.74 Å². The summed E-state index contributed by atoms with van der Waals surface area (Å²) in [6.45, 7) is 4.76. The van der Waals surface area contributed by atoms with Gasteiger partial charge in [0.2, 0.25) is 0 Å². The summed E-state index contributed by atoms with van der Waals surface area (Å²) < 4.78 is 8.27. The number of aromatic nitrogens is 2. The first-order valence-corrected chi connectivity index (χ1v) is 9.07. The zero-order valence-electron chi connectivity index (χ0n) is 15.2. The number of para-hydroxylation sites is 3. The highest BCUT2D eigenvalue weighted by Gasteiger charge is 2.09. The van der Waals surface area contributed by atoms with Crippen molar-refractivity contribution in [2.24, 2.45) is 0 Å². The number of unbranched alkanes of at least 4 members (excludes halogenated alkanes) is 1. The maximum atomic E-state index is 5.90. The molecule has 0 bridgehead atoms. The molecule has 0 radical (unpaired) electrons. The summed E-state index contributed by atoms with van der Waals surface area (Å²) in [5.74, 6) is 2.15. The first-order chi connectivity index (χ1) is 12.3. The molecule has 4 nitrogen and oxygen atoms in total. The Morgan fingerprint density at radius 1 is 1.04 bits per heavy atom. The highest BCUT2D eigenvalue weighted by atomic mass is 16.5. The van der Waals surface area contributed by atoms with Crippen molar-refractivity contribution in [3.8, 4) is 5.75 Å². The summed E-state index contributed by atoms with van der Waals surface area (Å²) in [6.07, 6.45) is 3.07. The molecule has 4 heteroatoms. The van der Waals surface area contributed by atoms with Crippen molar-refractivity contribution in [2.75, 3.05) is 20.2 Å². The topological polar surface area (TPSA) is 39.1 Å². The number of aryl methyl sites for hydroxylation is 2. The summed E-state index contributed by atoms with van der Waals surface area (Å²) in [5.41, 5.74) is 3.51. The van der Waals surface area contributed by atoms with Crippen molar-refractivity contribution >= 4 is 11.0 Å². The zero-order chi connectivity index (χ0) is 17.5. The van der Waals surface area contributed by atoms with Gasteiger partial charge in [0.25, 0.3) is 0 Å². The molecule has 0 atom stereocenters. The molecule has 3 aromatic rings. The van der Waals surface area contributed by atoms with E-state index >= 15 is 0 Å². The second kappa shape index (κ2) is 8.67. The predicted molar refractivity (Wildman–Crippen MR) is 103 cm³/mol. The van der Waals surface area contributed by atoms with Crippen molar-refractivity contribution in [1.82, 2.24) is 14.9 Å². The van der Waals surface area contributed by atoms with Gasteiger partial charge >= 0.3 is 0 Å². The molecule has 1 N–H and O–H groups in total. The Hall–Kier alpha value is -2.33. The van der Waals surface area contributed by atoms with Crippen molar-refractivity contribution in [1.29, 1.82) is 0 Å². The summed E-state index contributed by atoms with van der Waals surface area (Å²) >= 11 is 0. The van der Waals surface area contributed by atoms with E-state index in [1.807, 2.05) is 25.2 Å². The number of rotatable bonds is 9. The van der Waals surface area contributed by atoms with E-state index in [1.54, 1.807) is 0 Å². The van der Waals surface area contributed by atoms with E-state index in [1.165, 1.54) is 11.1 Å². The lowest BCUT2D eigenvalue weighted by molar-refractivity contribution is 0.301. The molecule has 25 heavy (non-hydrogen) atoms. The maximum Gasteiger partial charge on any atom is 0.122 e. The number of likely N-dealkylation sites (N-methyl/N-ethyl adjacent to an activating group) is 1.